The summed E-state index contributed by atoms with van der Waals surface area (Å²) < 4.78 is 67.2. The molecule has 1 fully saturated rings. The summed E-state index contributed by atoms with van der Waals surface area (Å²) in [5.41, 5.74) is 0.305. The number of nitrogens with zero attached hydrogens (tertiary/aromatic N) is 1. The minimum Gasteiger partial charge on any atom is -0.481 e. The Balaban J connectivity index is 1.52. The van der Waals surface area contributed by atoms with Crippen LogP contribution in [-0.2, 0) is 35.7 Å². The molecule has 188 valence electrons. The molecule has 1 saturated heterocycles. The van der Waals surface area contributed by atoms with Crippen LogP contribution in [0.4, 0.5) is 0 Å². The van der Waals surface area contributed by atoms with Crippen LogP contribution < -0.4 is 9.47 Å². The van der Waals surface area contributed by atoms with Gasteiger partial charge >= 0.3 is 17.9 Å². The number of benzene rings is 1. The quantitative estimate of drug-likeness (QED) is 0.354. The molecule has 0 saturated carbocycles. The van der Waals surface area contributed by atoms with Crippen LogP contribution in [0.5, 0.6) is 11.5 Å². The zero-order valence-corrected chi connectivity index (χ0v) is 20.0. The molecule has 1 aromatic rings. The average molecular weight is 490 g/mol. The van der Waals surface area contributed by atoms with E-state index in [0.29, 0.717) is 25.9 Å². The molecular weight excluding hydrogens is 450 g/mol. The van der Waals surface area contributed by atoms with Gasteiger partial charge in [-0.15, -0.1) is 0 Å². The highest BCUT2D eigenvalue weighted by atomic mass is 16.6. The van der Waals surface area contributed by atoms with Crippen LogP contribution in [-0.4, -0.2) is 59.7 Å². The Hall–Kier alpha value is -2.87. The fourth-order valence-corrected chi connectivity index (χ4v) is 6.41. The molecule has 8 nitrogen and oxygen atoms in total. The third kappa shape index (κ3) is 4.01. The van der Waals surface area contributed by atoms with Crippen LogP contribution in [0, 0.1) is 5.92 Å². The third-order valence-corrected chi connectivity index (χ3v) is 7.42. The average Bonchev–Trinajstić information content (AvgIpc) is 3.18. The summed E-state index contributed by atoms with van der Waals surface area (Å²) in [5.74, 6) is -3.08. The SMILES string of the molecule is [2H]C([2H])([2H])C(=O)Oc1ccc2c3c1O[C@H]1[C@@H](OC(=O)C([2H])([2H])[2H])C=C[C@H]4[C@@H](C2)N(CCC(=O)OC(C)(C)C)CC[C@@]341. The summed E-state index contributed by atoms with van der Waals surface area (Å²) in [7, 11) is 0. The number of rotatable bonds is 5. The predicted octanol–water partition coefficient (Wildman–Crippen LogP) is 3.09. The molecule has 1 aromatic carbocycles. The number of hydrogen-bond donors (Lipinski definition) is 0. The van der Waals surface area contributed by atoms with E-state index < -0.39 is 48.9 Å². The number of likely N-dealkylation sites (tertiary alicyclic amines) is 1. The van der Waals surface area contributed by atoms with Crippen molar-refractivity contribution in [1.29, 1.82) is 0 Å². The first kappa shape index (κ1) is 17.5. The Morgan fingerprint density at radius 3 is 2.74 bits per heavy atom. The molecule has 2 aliphatic carbocycles. The summed E-state index contributed by atoms with van der Waals surface area (Å²) in [6, 6.07) is 3.21. The van der Waals surface area contributed by atoms with E-state index in [0.717, 1.165) is 11.1 Å². The second-order valence-corrected chi connectivity index (χ2v) is 10.6. The molecule has 0 radical (unpaired) electrons. The second-order valence-electron chi connectivity index (χ2n) is 10.6. The maximum atomic E-state index is 12.5. The molecule has 0 amide bonds. The molecular formula is C27H33NO7. The first-order valence-corrected chi connectivity index (χ1v) is 11.8. The molecule has 2 heterocycles. The van der Waals surface area contributed by atoms with Gasteiger partial charge in [-0.25, -0.2) is 0 Å². The summed E-state index contributed by atoms with van der Waals surface area (Å²) in [5, 5.41) is 0. The highest BCUT2D eigenvalue weighted by Gasteiger charge is 2.65. The zero-order chi connectivity index (χ0) is 30.1. The second kappa shape index (κ2) is 8.36. The largest absolute Gasteiger partial charge is 0.481 e. The Kier molecular flexibility index (Phi) is 4.19. The molecule has 0 N–H and O–H groups in total. The van der Waals surface area contributed by atoms with Crippen molar-refractivity contribution in [2.45, 2.75) is 83.0 Å². The van der Waals surface area contributed by atoms with E-state index >= 15 is 0 Å². The maximum absolute atomic E-state index is 12.5. The standard InChI is InChI=1S/C27H33NO7/c1-15(29)32-20-8-6-17-14-19-18-7-9-21(33-16(2)30)25-27(18,23(17)24(20)34-25)11-13-28(19)12-10-22(31)35-26(3,4)5/h6-9,18-19,21,25H,10-14H2,1-5H3/t18-,19+,21-,25-,27-/m0/s1/i1D3,2D3. The van der Waals surface area contributed by atoms with Crippen molar-refractivity contribution in [2.75, 3.05) is 13.1 Å². The normalized spacial score (nSPS) is 33.5. The van der Waals surface area contributed by atoms with Gasteiger partial charge in [0.25, 0.3) is 0 Å². The van der Waals surface area contributed by atoms with Crippen LogP contribution >= 0.6 is 0 Å². The van der Waals surface area contributed by atoms with Gasteiger partial charge in [-0.1, -0.05) is 12.1 Å². The van der Waals surface area contributed by atoms with E-state index in [2.05, 4.69) is 4.90 Å². The van der Waals surface area contributed by atoms with Crippen LogP contribution in [0.25, 0.3) is 0 Å². The lowest BCUT2D eigenvalue weighted by Gasteiger charge is -2.57. The fraction of sp³-hybridized carbons (Fsp3) is 0.593. The molecule has 4 aliphatic rings. The topological polar surface area (TPSA) is 91.4 Å². The van der Waals surface area contributed by atoms with Crippen molar-refractivity contribution in [3.63, 3.8) is 0 Å². The van der Waals surface area contributed by atoms with Gasteiger partial charge in [0, 0.05) is 51.4 Å². The Morgan fingerprint density at radius 2 is 2.00 bits per heavy atom. The summed E-state index contributed by atoms with van der Waals surface area (Å²) in [6.07, 6.45) is 2.97. The van der Waals surface area contributed by atoms with Crippen molar-refractivity contribution in [3.8, 4) is 11.5 Å². The lowest BCUT2D eigenvalue weighted by Crippen LogP contribution is -2.66. The first-order valence-electron chi connectivity index (χ1n) is 14.8. The summed E-state index contributed by atoms with van der Waals surface area (Å²) in [4.78, 5) is 39.4. The number of esters is 3. The van der Waals surface area contributed by atoms with Crippen molar-refractivity contribution in [1.82, 2.24) is 4.90 Å². The Bertz CT molecular complexity index is 1300. The molecule has 1 spiro atoms. The molecule has 2 aliphatic heterocycles. The smallest absolute Gasteiger partial charge is 0.308 e. The van der Waals surface area contributed by atoms with Gasteiger partial charge in [0.2, 0.25) is 0 Å². The van der Waals surface area contributed by atoms with Crippen molar-refractivity contribution in [2.24, 2.45) is 5.92 Å². The van der Waals surface area contributed by atoms with Gasteiger partial charge in [-0.05, 0) is 57.9 Å². The molecule has 0 unspecified atom stereocenters. The molecule has 35 heavy (non-hydrogen) atoms. The van der Waals surface area contributed by atoms with Gasteiger partial charge in [0.1, 0.15) is 11.7 Å². The maximum Gasteiger partial charge on any atom is 0.308 e. The monoisotopic (exact) mass is 489 g/mol. The van der Waals surface area contributed by atoms with E-state index in [1.807, 2.05) is 26.8 Å². The van der Waals surface area contributed by atoms with E-state index in [-0.39, 0.29) is 35.8 Å². The van der Waals surface area contributed by atoms with Crippen molar-refractivity contribution in [3.05, 3.63) is 35.4 Å². The first-order chi connectivity index (χ1) is 18.9. The summed E-state index contributed by atoms with van der Waals surface area (Å²) in [6.45, 7) is 0.527. The number of carbonyl (C=O) groups excluding carboxylic acids is 3. The van der Waals surface area contributed by atoms with Crippen LogP contribution in [0.1, 0.15) is 66.7 Å². The zero-order valence-electron chi connectivity index (χ0n) is 26.0. The number of ether oxygens (including phenoxy) is 4. The molecule has 5 rings (SSSR count). The molecule has 5 atom stereocenters. The highest BCUT2D eigenvalue weighted by molar-refractivity contribution is 5.73. The highest BCUT2D eigenvalue weighted by Crippen LogP contribution is 2.63. The number of hydrogen-bond acceptors (Lipinski definition) is 8. The van der Waals surface area contributed by atoms with Gasteiger partial charge in [0.05, 0.1) is 6.42 Å². The van der Waals surface area contributed by atoms with Crippen molar-refractivity contribution < 1.29 is 41.6 Å². The third-order valence-electron chi connectivity index (χ3n) is 7.42. The minimum atomic E-state index is -2.99. The van der Waals surface area contributed by atoms with Crippen molar-refractivity contribution >= 4 is 17.9 Å². The molecule has 2 bridgehead atoms. The molecule has 0 aromatic heterocycles. The van der Waals surface area contributed by atoms with Gasteiger partial charge in [-0.3, -0.25) is 19.3 Å². The lowest BCUT2D eigenvalue weighted by molar-refractivity contribution is -0.155. The van der Waals surface area contributed by atoms with Crippen LogP contribution in [0.3, 0.4) is 0 Å². The molecule has 8 heteroatoms. The van der Waals surface area contributed by atoms with Gasteiger partial charge in [0.15, 0.2) is 17.6 Å². The van der Waals surface area contributed by atoms with E-state index in [9.17, 15) is 14.4 Å². The van der Waals surface area contributed by atoms with E-state index in [1.165, 1.54) is 6.07 Å². The van der Waals surface area contributed by atoms with E-state index in [4.69, 9.17) is 27.2 Å². The summed E-state index contributed by atoms with van der Waals surface area (Å²) >= 11 is 0. The predicted molar refractivity (Wildman–Crippen MR) is 126 cm³/mol. The minimum absolute atomic E-state index is 0.0537. The van der Waals surface area contributed by atoms with Crippen LogP contribution in [0.2, 0.25) is 0 Å². The van der Waals surface area contributed by atoms with E-state index in [1.54, 1.807) is 12.1 Å². The Morgan fingerprint density at radius 1 is 1.20 bits per heavy atom. The Labute approximate surface area is 214 Å². The lowest BCUT2D eigenvalue weighted by atomic mass is 9.53. The van der Waals surface area contributed by atoms with Gasteiger partial charge in [-0.2, -0.15) is 0 Å². The van der Waals surface area contributed by atoms with Crippen LogP contribution in [0.15, 0.2) is 24.3 Å². The fourth-order valence-electron chi connectivity index (χ4n) is 6.41. The number of carbonyl (C=O) groups is 3. The number of piperidine rings is 1. The van der Waals surface area contributed by atoms with Gasteiger partial charge < -0.3 is 18.9 Å².